The lowest BCUT2D eigenvalue weighted by Crippen LogP contribution is -2.40. The van der Waals surface area contributed by atoms with Gasteiger partial charge in [0.15, 0.2) is 5.60 Å². The minimum atomic E-state index is -1.67. The fraction of sp³-hybridized carbons (Fsp3) is 0.136. The summed E-state index contributed by atoms with van der Waals surface area (Å²) in [4.78, 5) is 14.9. The van der Waals surface area contributed by atoms with E-state index in [1.807, 2.05) is 66.7 Å². The third-order valence-electron chi connectivity index (χ3n) is 4.81. The number of carbonyl (C=O) groups excluding carboxylic acids is 1. The molecule has 4 heteroatoms. The number of nitrogens with zero attached hydrogens (tertiary/aromatic N) is 1. The zero-order valence-corrected chi connectivity index (χ0v) is 14.4. The van der Waals surface area contributed by atoms with Crippen LogP contribution < -0.4 is 9.64 Å². The minimum Gasteiger partial charge on any atom is -0.497 e. The van der Waals surface area contributed by atoms with Gasteiger partial charge in [0.1, 0.15) is 5.75 Å². The molecule has 0 saturated heterocycles. The van der Waals surface area contributed by atoms with Crippen LogP contribution in [-0.2, 0) is 16.9 Å². The normalized spacial score (nSPS) is 18.7. The predicted octanol–water partition coefficient (Wildman–Crippen LogP) is 3.48. The fourth-order valence-corrected chi connectivity index (χ4v) is 3.50. The van der Waals surface area contributed by atoms with E-state index in [4.69, 9.17) is 4.74 Å². The summed E-state index contributed by atoms with van der Waals surface area (Å²) in [6, 6.07) is 24.1. The quantitative estimate of drug-likeness (QED) is 0.788. The van der Waals surface area contributed by atoms with Crippen LogP contribution in [-0.4, -0.2) is 18.1 Å². The molecule has 3 aromatic carbocycles. The van der Waals surface area contributed by atoms with Gasteiger partial charge in [-0.15, -0.1) is 0 Å². The Morgan fingerprint density at radius 3 is 2.46 bits per heavy atom. The highest BCUT2D eigenvalue weighted by atomic mass is 16.5. The zero-order chi connectivity index (χ0) is 18.1. The van der Waals surface area contributed by atoms with Crippen molar-refractivity contribution < 1.29 is 14.6 Å². The number of carbonyl (C=O) groups is 1. The van der Waals surface area contributed by atoms with Crippen LogP contribution in [0, 0.1) is 0 Å². The van der Waals surface area contributed by atoms with Gasteiger partial charge in [0.05, 0.1) is 19.3 Å². The minimum absolute atomic E-state index is 0.340. The Labute approximate surface area is 152 Å². The molecule has 0 unspecified atom stereocenters. The highest BCUT2D eigenvalue weighted by Crippen LogP contribution is 2.44. The second kappa shape index (κ2) is 6.32. The highest BCUT2D eigenvalue weighted by Gasteiger charge is 2.50. The first-order chi connectivity index (χ1) is 12.6. The number of methoxy groups -OCH3 is 1. The second-order valence-electron chi connectivity index (χ2n) is 6.34. The first-order valence-electron chi connectivity index (χ1n) is 8.47. The molecule has 1 N–H and O–H groups in total. The van der Waals surface area contributed by atoms with Crippen LogP contribution in [0.25, 0.3) is 0 Å². The van der Waals surface area contributed by atoms with E-state index in [-0.39, 0.29) is 5.91 Å². The van der Waals surface area contributed by atoms with Gasteiger partial charge in [-0.1, -0.05) is 60.7 Å². The zero-order valence-electron chi connectivity index (χ0n) is 14.4. The van der Waals surface area contributed by atoms with Crippen LogP contribution >= 0.6 is 0 Å². The Kier molecular flexibility index (Phi) is 3.98. The Morgan fingerprint density at radius 1 is 0.962 bits per heavy atom. The van der Waals surface area contributed by atoms with Crippen molar-refractivity contribution in [3.63, 3.8) is 0 Å². The molecule has 1 amide bonds. The third kappa shape index (κ3) is 2.47. The number of fused-ring (bicyclic) bond motifs is 1. The average Bonchev–Trinajstić information content (AvgIpc) is 2.92. The lowest BCUT2D eigenvalue weighted by molar-refractivity contribution is -0.132. The summed E-state index contributed by atoms with van der Waals surface area (Å²) in [6.07, 6.45) is 0. The first-order valence-corrected chi connectivity index (χ1v) is 8.47. The molecule has 130 valence electrons. The first kappa shape index (κ1) is 16.4. The van der Waals surface area contributed by atoms with Crippen LogP contribution in [0.1, 0.15) is 16.7 Å². The van der Waals surface area contributed by atoms with Gasteiger partial charge in [-0.05, 0) is 29.3 Å². The lowest BCUT2D eigenvalue weighted by Gasteiger charge is -2.24. The van der Waals surface area contributed by atoms with Gasteiger partial charge < -0.3 is 14.7 Å². The molecule has 1 heterocycles. The summed E-state index contributed by atoms with van der Waals surface area (Å²) < 4.78 is 5.27. The Hall–Kier alpha value is -3.11. The van der Waals surface area contributed by atoms with Crippen molar-refractivity contribution in [3.8, 4) is 5.75 Å². The van der Waals surface area contributed by atoms with Crippen molar-refractivity contribution in [1.82, 2.24) is 0 Å². The average molecular weight is 345 g/mol. The summed E-state index contributed by atoms with van der Waals surface area (Å²) in [7, 11) is 1.61. The molecule has 1 atom stereocenters. The van der Waals surface area contributed by atoms with Crippen molar-refractivity contribution in [2.45, 2.75) is 12.1 Å². The molecule has 3 aromatic rings. The van der Waals surface area contributed by atoms with Crippen LogP contribution in [0.4, 0.5) is 5.69 Å². The number of aliphatic hydroxyl groups is 1. The lowest BCUT2D eigenvalue weighted by atomic mass is 9.88. The number of hydrogen-bond acceptors (Lipinski definition) is 3. The molecule has 0 radical (unpaired) electrons. The molecule has 1 aliphatic heterocycles. The van der Waals surface area contributed by atoms with Gasteiger partial charge >= 0.3 is 0 Å². The van der Waals surface area contributed by atoms with Gasteiger partial charge in [-0.3, -0.25) is 4.79 Å². The number of rotatable bonds is 4. The maximum atomic E-state index is 13.3. The summed E-state index contributed by atoms with van der Waals surface area (Å²) in [6.45, 7) is 0.363. The van der Waals surface area contributed by atoms with Crippen LogP contribution in [0.2, 0.25) is 0 Å². The van der Waals surface area contributed by atoms with Crippen molar-refractivity contribution in [2.75, 3.05) is 12.0 Å². The molecule has 0 spiro atoms. The maximum absolute atomic E-state index is 13.3. The highest BCUT2D eigenvalue weighted by molar-refractivity contribution is 6.09. The summed E-state index contributed by atoms with van der Waals surface area (Å²) >= 11 is 0. The summed E-state index contributed by atoms with van der Waals surface area (Å²) in [5.41, 5.74) is 1.18. The SMILES string of the molecule is COc1cccc(CN2C(=O)[C@@](O)(c3ccccc3)c3ccccc32)c1. The van der Waals surface area contributed by atoms with Crippen LogP contribution in [0.15, 0.2) is 78.9 Å². The van der Waals surface area contributed by atoms with Crippen LogP contribution in [0.5, 0.6) is 5.75 Å². The van der Waals surface area contributed by atoms with E-state index in [0.29, 0.717) is 17.7 Å². The molecular weight excluding hydrogens is 326 g/mol. The maximum Gasteiger partial charge on any atom is 0.268 e. The topological polar surface area (TPSA) is 49.8 Å². The largest absolute Gasteiger partial charge is 0.497 e. The van der Waals surface area contributed by atoms with Crippen molar-refractivity contribution in [1.29, 1.82) is 0 Å². The molecule has 0 aromatic heterocycles. The van der Waals surface area contributed by atoms with Crippen molar-refractivity contribution in [3.05, 3.63) is 95.6 Å². The Bertz CT molecular complexity index is 954. The molecule has 0 aliphatic carbocycles. The van der Waals surface area contributed by atoms with Crippen LogP contribution in [0.3, 0.4) is 0 Å². The monoisotopic (exact) mass is 345 g/mol. The van der Waals surface area contributed by atoms with E-state index < -0.39 is 5.60 Å². The Balaban J connectivity index is 1.79. The molecule has 0 saturated carbocycles. The van der Waals surface area contributed by atoms with E-state index in [1.165, 1.54) is 0 Å². The van der Waals surface area contributed by atoms with Crippen molar-refractivity contribution >= 4 is 11.6 Å². The third-order valence-corrected chi connectivity index (χ3v) is 4.81. The molecule has 1 aliphatic rings. The number of amides is 1. The molecule has 0 bridgehead atoms. The van der Waals surface area contributed by atoms with Gasteiger partial charge in [-0.25, -0.2) is 0 Å². The number of ether oxygens (including phenoxy) is 1. The number of hydrogen-bond donors (Lipinski definition) is 1. The Morgan fingerprint density at radius 2 is 1.69 bits per heavy atom. The standard InChI is InChI=1S/C22H19NO3/c1-26-18-11-7-8-16(14-18)15-23-20-13-6-5-12-19(20)22(25,21(23)24)17-9-3-2-4-10-17/h2-14,25H,15H2,1H3/t22-/m1/s1. The molecule has 4 nitrogen and oxygen atoms in total. The van der Waals surface area contributed by atoms with Gasteiger partial charge in [0.2, 0.25) is 0 Å². The summed E-state index contributed by atoms with van der Waals surface area (Å²) in [5.74, 6) is 0.397. The van der Waals surface area contributed by atoms with Crippen molar-refractivity contribution in [2.24, 2.45) is 0 Å². The molecular formula is C22H19NO3. The number of anilines is 1. The van der Waals surface area contributed by atoms with Gasteiger partial charge in [0.25, 0.3) is 5.91 Å². The molecule has 4 rings (SSSR count). The number of para-hydroxylation sites is 1. The predicted molar refractivity (Wildman–Crippen MR) is 100 cm³/mol. The van der Waals surface area contributed by atoms with E-state index >= 15 is 0 Å². The number of benzene rings is 3. The molecule has 0 fully saturated rings. The van der Waals surface area contributed by atoms with E-state index in [2.05, 4.69) is 0 Å². The van der Waals surface area contributed by atoms with E-state index in [0.717, 1.165) is 17.0 Å². The summed E-state index contributed by atoms with van der Waals surface area (Å²) in [5, 5.41) is 11.4. The fourth-order valence-electron chi connectivity index (χ4n) is 3.50. The van der Waals surface area contributed by atoms with Gasteiger partial charge in [0, 0.05) is 5.56 Å². The van der Waals surface area contributed by atoms with Gasteiger partial charge in [-0.2, -0.15) is 0 Å². The van der Waals surface area contributed by atoms with E-state index in [1.54, 1.807) is 24.1 Å². The molecule has 26 heavy (non-hydrogen) atoms. The van der Waals surface area contributed by atoms with E-state index in [9.17, 15) is 9.90 Å². The smallest absolute Gasteiger partial charge is 0.268 e. The second-order valence-corrected chi connectivity index (χ2v) is 6.34.